The van der Waals surface area contributed by atoms with Crippen molar-refractivity contribution in [2.75, 3.05) is 12.5 Å². The van der Waals surface area contributed by atoms with Gasteiger partial charge in [-0.25, -0.2) is 9.97 Å². The van der Waals surface area contributed by atoms with Crippen molar-refractivity contribution in [3.8, 4) is 0 Å². The SMILES string of the molecule is CSc1ncc(CN)cc1[N+](=O)[O-].CSc1ncc(CO)cc1[N+](=O)[O-]. The van der Waals surface area contributed by atoms with E-state index in [0.717, 1.165) is 0 Å². The molecule has 0 aliphatic carbocycles. The van der Waals surface area contributed by atoms with E-state index in [4.69, 9.17) is 10.8 Å². The highest BCUT2D eigenvalue weighted by Crippen LogP contribution is 2.26. The number of pyridine rings is 2. The number of aliphatic hydroxyl groups is 1. The van der Waals surface area contributed by atoms with Crippen molar-refractivity contribution < 1.29 is 15.0 Å². The summed E-state index contributed by atoms with van der Waals surface area (Å²) >= 11 is 2.46. The number of hydrogen-bond donors (Lipinski definition) is 2. The molecule has 0 atom stereocenters. The second kappa shape index (κ2) is 10.7. The van der Waals surface area contributed by atoms with Crippen molar-refractivity contribution in [3.05, 3.63) is 55.9 Å². The lowest BCUT2D eigenvalue weighted by Crippen LogP contribution is -2.00. The molecule has 0 aliphatic heterocycles. The van der Waals surface area contributed by atoms with Gasteiger partial charge in [0.05, 0.1) is 16.5 Å². The standard InChI is InChI=1S/C7H9N3O2S.C7H8N2O3S/c1-13-7-6(10(11)12)2-5(3-8)4-9-7;1-13-7-6(9(11)12)2-5(4-10)3-8-7/h2,4H,3,8H2,1H3;2-3,10H,4H2,1H3. The van der Waals surface area contributed by atoms with Crippen LogP contribution in [-0.4, -0.2) is 37.4 Å². The Labute approximate surface area is 157 Å². The van der Waals surface area contributed by atoms with Gasteiger partial charge in [-0.05, 0) is 18.1 Å². The molecule has 0 saturated heterocycles. The summed E-state index contributed by atoms with van der Waals surface area (Å²) in [5.74, 6) is 0. The van der Waals surface area contributed by atoms with Crippen LogP contribution in [0.3, 0.4) is 0 Å². The van der Waals surface area contributed by atoms with Crippen LogP contribution in [0.25, 0.3) is 0 Å². The van der Waals surface area contributed by atoms with Crippen molar-refractivity contribution >= 4 is 34.9 Å². The summed E-state index contributed by atoms with van der Waals surface area (Å²) in [5, 5.41) is 30.6. The first-order valence-corrected chi connectivity index (χ1v) is 9.48. The second-order valence-corrected chi connectivity index (χ2v) is 6.21. The Hall–Kier alpha value is -2.28. The molecule has 2 heterocycles. The minimum absolute atomic E-state index is 0.0236. The van der Waals surface area contributed by atoms with Crippen LogP contribution < -0.4 is 5.73 Å². The minimum atomic E-state index is -0.502. The quantitative estimate of drug-likeness (QED) is 0.419. The number of hydrogen-bond acceptors (Lipinski definition) is 10. The summed E-state index contributed by atoms with van der Waals surface area (Å²) < 4.78 is 0. The number of aliphatic hydroxyl groups excluding tert-OH is 1. The van der Waals surface area contributed by atoms with Crippen LogP contribution in [0.5, 0.6) is 0 Å². The lowest BCUT2D eigenvalue weighted by molar-refractivity contribution is -0.388. The molecule has 0 aromatic carbocycles. The highest BCUT2D eigenvalue weighted by molar-refractivity contribution is 7.98. The van der Waals surface area contributed by atoms with Crippen molar-refractivity contribution in [2.24, 2.45) is 5.73 Å². The zero-order chi connectivity index (χ0) is 19.7. The highest BCUT2D eigenvalue weighted by Gasteiger charge is 2.15. The maximum absolute atomic E-state index is 10.6. The molecule has 2 aromatic rings. The zero-order valence-electron chi connectivity index (χ0n) is 14.0. The van der Waals surface area contributed by atoms with E-state index in [1.807, 2.05) is 0 Å². The van der Waals surface area contributed by atoms with Gasteiger partial charge in [-0.3, -0.25) is 20.2 Å². The summed E-state index contributed by atoms with van der Waals surface area (Å²) in [6, 6.07) is 2.79. The third kappa shape index (κ3) is 5.91. The molecule has 0 fully saturated rings. The Morgan fingerprint density at radius 2 is 1.42 bits per heavy atom. The largest absolute Gasteiger partial charge is 0.392 e. The van der Waals surface area contributed by atoms with E-state index >= 15 is 0 Å². The predicted molar refractivity (Wildman–Crippen MR) is 99.2 cm³/mol. The smallest absolute Gasteiger partial charge is 0.301 e. The normalized spacial score (nSPS) is 10.0. The van der Waals surface area contributed by atoms with E-state index in [-0.39, 0.29) is 24.5 Å². The number of aromatic nitrogens is 2. The summed E-state index contributed by atoms with van der Waals surface area (Å²) in [6.45, 7) is 0.0327. The second-order valence-electron chi connectivity index (χ2n) is 4.62. The molecule has 0 bridgehead atoms. The molecule has 0 aliphatic rings. The molecule has 0 spiro atoms. The van der Waals surface area contributed by atoms with Gasteiger partial charge in [0, 0.05) is 36.6 Å². The molecule has 2 rings (SSSR count). The van der Waals surface area contributed by atoms with Gasteiger partial charge in [-0.15, -0.1) is 23.5 Å². The van der Waals surface area contributed by atoms with Crippen LogP contribution in [0.1, 0.15) is 11.1 Å². The highest BCUT2D eigenvalue weighted by atomic mass is 32.2. The van der Waals surface area contributed by atoms with Gasteiger partial charge in [-0.1, -0.05) is 0 Å². The lowest BCUT2D eigenvalue weighted by Gasteiger charge is -2.00. The summed E-state index contributed by atoms with van der Waals surface area (Å²) in [6.07, 6.45) is 6.45. The number of rotatable bonds is 6. The van der Waals surface area contributed by atoms with Gasteiger partial charge in [0.2, 0.25) is 0 Å². The maximum Gasteiger partial charge on any atom is 0.301 e. The Kier molecular flexibility index (Phi) is 8.92. The first-order chi connectivity index (χ1) is 12.4. The third-order valence-electron chi connectivity index (χ3n) is 2.98. The van der Waals surface area contributed by atoms with Crippen molar-refractivity contribution in [1.82, 2.24) is 9.97 Å². The van der Waals surface area contributed by atoms with Gasteiger partial charge in [0.15, 0.2) is 10.1 Å². The Bertz CT molecular complexity index is 725. The molecule has 12 heteroatoms. The summed E-state index contributed by atoms with van der Waals surface area (Å²) in [5.41, 5.74) is 6.43. The topological polar surface area (TPSA) is 158 Å². The lowest BCUT2D eigenvalue weighted by atomic mass is 10.3. The first-order valence-electron chi connectivity index (χ1n) is 7.03. The molecule has 0 radical (unpaired) electrons. The van der Waals surface area contributed by atoms with Crippen LogP contribution in [0, 0.1) is 20.2 Å². The molecule has 3 N–H and O–H groups in total. The van der Waals surface area contributed by atoms with Gasteiger partial charge < -0.3 is 10.8 Å². The fourth-order valence-electron chi connectivity index (χ4n) is 1.74. The van der Waals surface area contributed by atoms with Crippen LogP contribution in [0.15, 0.2) is 34.6 Å². The molecule has 26 heavy (non-hydrogen) atoms. The van der Waals surface area contributed by atoms with E-state index in [1.165, 1.54) is 41.9 Å². The molecular formula is C14H17N5O5S2. The van der Waals surface area contributed by atoms with Gasteiger partial charge >= 0.3 is 11.4 Å². The van der Waals surface area contributed by atoms with Crippen LogP contribution in [0.4, 0.5) is 11.4 Å². The summed E-state index contributed by atoms with van der Waals surface area (Å²) in [7, 11) is 0. The Balaban J connectivity index is 0.000000260. The minimum Gasteiger partial charge on any atom is -0.392 e. The van der Waals surface area contributed by atoms with E-state index in [2.05, 4.69) is 9.97 Å². The van der Waals surface area contributed by atoms with E-state index < -0.39 is 9.85 Å². The summed E-state index contributed by atoms with van der Waals surface area (Å²) in [4.78, 5) is 27.9. The van der Waals surface area contributed by atoms with E-state index in [1.54, 1.807) is 18.7 Å². The Morgan fingerprint density at radius 1 is 1.00 bits per heavy atom. The van der Waals surface area contributed by atoms with Gasteiger partial charge in [0.25, 0.3) is 0 Å². The monoisotopic (exact) mass is 399 g/mol. The van der Waals surface area contributed by atoms with Crippen molar-refractivity contribution in [1.29, 1.82) is 0 Å². The van der Waals surface area contributed by atoms with Crippen LogP contribution >= 0.6 is 23.5 Å². The maximum atomic E-state index is 10.6. The average molecular weight is 399 g/mol. The molecule has 2 aromatic heterocycles. The fraction of sp³-hybridized carbons (Fsp3) is 0.286. The molecular weight excluding hydrogens is 382 g/mol. The number of thioether (sulfide) groups is 2. The van der Waals surface area contributed by atoms with Gasteiger partial charge in [0.1, 0.15) is 0 Å². The number of nitrogens with zero attached hydrogens (tertiary/aromatic N) is 4. The molecule has 0 unspecified atom stereocenters. The molecule has 10 nitrogen and oxygen atoms in total. The van der Waals surface area contributed by atoms with E-state index in [9.17, 15) is 20.2 Å². The zero-order valence-corrected chi connectivity index (χ0v) is 15.6. The van der Waals surface area contributed by atoms with E-state index in [0.29, 0.717) is 21.2 Å². The molecule has 0 saturated carbocycles. The predicted octanol–water partition coefficient (Wildman–Crippen LogP) is 2.37. The van der Waals surface area contributed by atoms with Gasteiger partial charge in [-0.2, -0.15) is 0 Å². The molecule has 140 valence electrons. The Morgan fingerprint density at radius 3 is 1.77 bits per heavy atom. The van der Waals surface area contributed by atoms with Crippen molar-refractivity contribution in [3.63, 3.8) is 0 Å². The number of nitro groups is 2. The third-order valence-corrected chi connectivity index (χ3v) is 4.38. The average Bonchev–Trinajstić information content (AvgIpc) is 2.67. The number of nitrogens with two attached hydrogens (primary N) is 1. The fourth-order valence-corrected chi connectivity index (χ4v) is 2.74. The van der Waals surface area contributed by atoms with Crippen LogP contribution in [-0.2, 0) is 13.2 Å². The van der Waals surface area contributed by atoms with Crippen LogP contribution in [0.2, 0.25) is 0 Å². The first kappa shape index (κ1) is 21.8. The molecule has 0 amide bonds. The van der Waals surface area contributed by atoms with Crippen molar-refractivity contribution in [2.45, 2.75) is 23.2 Å².